The van der Waals surface area contributed by atoms with Crippen LogP contribution in [0.3, 0.4) is 0 Å². The maximum Gasteiger partial charge on any atom is 0.417 e. The second-order valence-corrected chi connectivity index (χ2v) is 10.3. The lowest BCUT2D eigenvalue weighted by Gasteiger charge is -2.45. The molecule has 0 saturated heterocycles. The molecule has 0 unspecified atom stereocenters. The largest absolute Gasteiger partial charge is 0.417 e. The molecule has 1 aliphatic carbocycles. The predicted octanol–water partition coefficient (Wildman–Crippen LogP) is 3.22. The topological polar surface area (TPSA) is 93.4 Å². The molecule has 10 heteroatoms. The molecule has 0 aliphatic heterocycles. The SMILES string of the molecule is CC(C)(C)S(=O)(=O)N(c1ccc(C(F)(F)F)cn1)C1(C(N)=O)CCCCC1. The van der Waals surface area contributed by atoms with E-state index in [9.17, 15) is 26.4 Å². The van der Waals surface area contributed by atoms with Gasteiger partial charge in [0.15, 0.2) is 0 Å². The average molecular weight is 407 g/mol. The number of nitrogens with zero attached hydrogens (tertiary/aromatic N) is 2. The number of primary amides is 1. The minimum atomic E-state index is -4.61. The van der Waals surface area contributed by atoms with Gasteiger partial charge in [0, 0.05) is 6.20 Å². The molecule has 1 aliphatic rings. The van der Waals surface area contributed by atoms with Gasteiger partial charge in [0.2, 0.25) is 15.9 Å². The highest BCUT2D eigenvalue weighted by molar-refractivity contribution is 7.94. The van der Waals surface area contributed by atoms with Crippen molar-refractivity contribution in [3.05, 3.63) is 23.9 Å². The van der Waals surface area contributed by atoms with Gasteiger partial charge in [-0.05, 0) is 45.7 Å². The molecule has 0 spiro atoms. The summed E-state index contributed by atoms with van der Waals surface area (Å²) >= 11 is 0. The molecule has 1 saturated carbocycles. The molecule has 0 radical (unpaired) electrons. The zero-order valence-corrected chi connectivity index (χ0v) is 16.3. The number of rotatable bonds is 4. The maximum atomic E-state index is 13.3. The van der Waals surface area contributed by atoms with Crippen LogP contribution in [0.1, 0.15) is 58.4 Å². The van der Waals surface area contributed by atoms with Crippen LogP contribution < -0.4 is 10.0 Å². The molecule has 0 bridgehead atoms. The highest BCUT2D eigenvalue weighted by Gasteiger charge is 2.52. The van der Waals surface area contributed by atoms with Crippen LogP contribution >= 0.6 is 0 Å². The smallest absolute Gasteiger partial charge is 0.368 e. The van der Waals surface area contributed by atoms with E-state index in [4.69, 9.17) is 5.73 Å². The lowest BCUT2D eigenvalue weighted by molar-refractivity contribution is -0.137. The number of pyridine rings is 1. The van der Waals surface area contributed by atoms with Crippen LogP contribution in [0.5, 0.6) is 0 Å². The fourth-order valence-corrected chi connectivity index (χ4v) is 4.84. The Balaban J connectivity index is 2.69. The van der Waals surface area contributed by atoms with Gasteiger partial charge in [0.25, 0.3) is 0 Å². The Kier molecular flexibility index (Phi) is 5.53. The second-order valence-electron chi connectivity index (χ2n) is 7.74. The van der Waals surface area contributed by atoms with E-state index in [1.54, 1.807) is 0 Å². The quantitative estimate of drug-likeness (QED) is 0.829. The van der Waals surface area contributed by atoms with Crippen LogP contribution in [-0.4, -0.2) is 29.6 Å². The number of aromatic nitrogens is 1. The molecule has 152 valence electrons. The molecule has 0 aromatic carbocycles. The molecule has 1 heterocycles. The van der Waals surface area contributed by atoms with Crippen LogP contribution in [0, 0.1) is 0 Å². The third-order valence-corrected chi connectivity index (χ3v) is 7.39. The Morgan fingerprint density at radius 1 is 1.15 bits per heavy atom. The van der Waals surface area contributed by atoms with E-state index < -0.39 is 38.0 Å². The first kappa shape index (κ1) is 21.5. The zero-order valence-electron chi connectivity index (χ0n) is 15.5. The van der Waals surface area contributed by atoms with Gasteiger partial charge in [0.1, 0.15) is 11.4 Å². The number of amides is 1. The Morgan fingerprint density at radius 3 is 2.07 bits per heavy atom. The first-order valence-electron chi connectivity index (χ1n) is 8.62. The summed E-state index contributed by atoms with van der Waals surface area (Å²) in [7, 11) is -4.15. The van der Waals surface area contributed by atoms with Gasteiger partial charge in [-0.15, -0.1) is 0 Å². The van der Waals surface area contributed by atoms with E-state index in [-0.39, 0.29) is 18.7 Å². The van der Waals surface area contributed by atoms with E-state index in [0.717, 1.165) is 22.9 Å². The van der Waals surface area contributed by atoms with E-state index in [0.29, 0.717) is 19.0 Å². The van der Waals surface area contributed by atoms with Gasteiger partial charge in [-0.2, -0.15) is 13.2 Å². The monoisotopic (exact) mass is 407 g/mol. The number of halogens is 3. The summed E-state index contributed by atoms with van der Waals surface area (Å²) in [5, 5.41) is 0. The van der Waals surface area contributed by atoms with Gasteiger partial charge in [0.05, 0.1) is 10.3 Å². The summed E-state index contributed by atoms with van der Waals surface area (Å²) in [6, 6.07) is 1.73. The fourth-order valence-electron chi connectivity index (χ4n) is 3.21. The molecule has 1 aromatic rings. The molecule has 1 fully saturated rings. The molecule has 1 aromatic heterocycles. The molecule has 2 N–H and O–H groups in total. The van der Waals surface area contributed by atoms with Crippen LogP contribution in [-0.2, 0) is 21.0 Å². The molecule has 6 nitrogen and oxygen atoms in total. The number of sulfonamides is 1. The van der Waals surface area contributed by atoms with Crippen molar-refractivity contribution >= 4 is 21.7 Å². The minimum absolute atomic E-state index is 0.195. The van der Waals surface area contributed by atoms with Gasteiger partial charge >= 0.3 is 6.18 Å². The van der Waals surface area contributed by atoms with Crippen molar-refractivity contribution in [2.45, 2.75) is 69.3 Å². The van der Waals surface area contributed by atoms with Crippen LogP contribution in [0.2, 0.25) is 0 Å². The highest BCUT2D eigenvalue weighted by atomic mass is 32.2. The van der Waals surface area contributed by atoms with Gasteiger partial charge in [-0.1, -0.05) is 19.3 Å². The van der Waals surface area contributed by atoms with Crippen molar-refractivity contribution in [3.8, 4) is 0 Å². The predicted molar refractivity (Wildman–Crippen MR) is 95.4 cm³/mol. The Bertz CT molecular complexity index is 793. The van der Waals surface area contributed by atoms with Crippen LogP contribution in [0.4, 0.5) is 19.0 Å². The molecule has 1 amide bonds. The lowest BCUT2D eigenvalue weighted by Crippen LogP contribution is -2.63. The number of nitrogens with two attached hydrogens (primary N) is 1. The summed E-state index contributed by atoms with van der Waals surface area (Å²) in [5.74, 6) is -1.06. The standard InChI is InChI=1S/C17H24F3N3O3S/c1-15(2,3)27(25,26)23(16(14(21)24)9-5-4-6-10-16)13-8-7-12(11-22-13)17(18,19)20/h7-8,11H,4-6,9-10H2,1-3H3,(H2,21,24). The summed E-state index contributed by atoms with van der Waals surface area (Å²) in [6.45, 7) is 4.37. The molecular formula is C17H24F3N3O3S. The summed E-state index contributed by atoms with van der Waals surface area (Å²) in [5.41, 5.74) is 3.08. The second kappa shape index (κ2) is 6.96. The Labute approximate surface area is 157 Å². The van der Waals surface area contributed by atoms with Gasteiger partial charge in [-0.25, -0.2) is 17.7 Å². The third kappa shape index (κ3) is 3.90. The van der Waals surface area contributed by atoms with Crippen molar-refractivity contribution in [2.24, 2.45) is 5.73 Å². The number of carbonyl (C=O) groups excluding carboxylic acids is 1. The summed E-state index contributed by atoms with van der Waals surface area (Å²) < 4.78 is 64.7. The van der Waals surface area contributed by atoms with E-state index in [2.05, 4.69) is 4.98 Å². The minimum Gasteiger partial charge on any atom is -0.368 e. The van der Waals surface area contributed by atoms with Crippen molar-refractivity contribution in [1.82, 2.24) is 4.98 Å². The number of anilines is 1. The van der Waals surface area contributed by atoms with Crippen LogP contribution in [0.25, 0.3) is 0 Å². The first-order valence-corrected chi connectivity index (χ1v) is 10.1. The Morgan fingerprint density at radius 2 is 1.70 bits per heavy atom. The zero-order chi connectivity index (χ0) is 20.7. The van der Waals surface area contributed by atoms with Crippen molar-refractivity contribution in [3.63, 3.8) is 0 Å². The van der Waals surface area contributed by atoms with E-state index >= 15 is 0 Å². The number of hydrogen-bond donors (Lipinski definition) is 1. The summed E-state index contributed by atoms with van der Waals surface area (Å²) in [4.78, 5) is 16.1. The third-order valence-electron chi connectivity index (χ3n) is 4.83. The molecule has 2 rings (SSSR count). The van der Waals surface area contributed by atoms with E-state index in [1.807, 2.05) is 0 Å². The van der Waals surface area contributed by atoms with Gasteiger partial charge in [-0.3, -0.25) is 4.79 Å². The Hall–Kier alpha value is -1.84. The van der Waals surface area contributed by atoms with Crippen molar-refractivity contribution in [1.29, 1.82) is 0 Å². The molecule has 27 heavy (non-hydrogen) atoms. The average Bonchev–Trinajstić information content (AvgIpc) is 2.54. The highest BCUT2D eigenvalue weighted by Crippen LogP contribution is 2.41. The molecule has 0 atom stereocenters. The maximum absolute atomic E-state index is 13.3. The summed E-state index contributed by atoms with van der Waals surface area (Å²) in [6.07, 6.45) is -1.66. The molecular weight excluding hydrogens is 383 g/mol. The number of hydrogen-bond acceptors (Lipinski definition) is 4. The van der Waals surface area contributed by atoms with Crippen molar-refractivity contribution < 1.29 is 26.4 Å². The normalized spacial score (nSPS) is 18.1. The number of alkyl halides is 3. The van der Waals surface area contributed by atoms with E-state index in [1.165, 1.54) is 20.8 Å². The first-order chi connectivity index (χ1) is 12.2. The number of carbonyl (C=O) groups is 1. The van der Waals surface area contributed by atoms with Crippen LogP contribution in [0.15, 0.2) is 18.3 Å². The van der Waals surface area contributed by atoms with Gasteiger partial charge < -0.3 is 5.73 Å². The van der Waals surface area contributed by atoms with Crippen molar-refractivity contribution in [2.75, 3.05) is 4.31 Å². The lowest BCUT2D eigenvalue weighted by atomic mass is 9.81. The fraction of sp³-hybridized carbons (Fsp3) is 0.647.